The number of benzene rings is 3. The quantitative estimate of drug-likeness (QED) is 0.415. The van der Waals surface area contributed by atoms with Gasteiger partial charge in [-0.05, 0) is 73.7 Å². The van der Waals surface area contributed by atoms with Crippen molar-refractivity contribution in [3.05, 3.63) is 83.9 Å². The molecule has 7 nitrogen and oxygen atoms in total. The van der Waals surface area contributed by atoms with Crippen LogP contribution >= 0.6 is 0 Å². The summed E-state index contributed by atoms with van der Waals surface area (Å²) in [6, 6.07) is 22.3. The average Bonchev–Trinajstić information content (AvgIpc) is 2.90. The summed E-state index contributed by atoms with van der Waals surface area (Å²) in [6.45, 7) is 2.39. The number of rotatable bonds is 8. The van der Waals surface area contributed by atoms with E-state index >= 15 is 0 Å². The lowest BCUT2D eigenvalue weighted by molar-refractivity contribution is 0.0954. The van der Waals surface area contributed by atoms with E-state index in [9.17, 15) is 9.59 Å². The van der Waals surface area contributed by atoms with E-state index in [-0.39, 0.29) is 11.9 Å². The molecule has 0 unspecified atom stereocenters. The summed E-state index contributed by atoms with van der Waals surface area (Å²) in [5.74, 6) is 0.577. The molecule has 0 atom stereocenters. The fraction of sp³-hybridized carbons (Fsp3) is 0.286. The van der Waals surface area contributed by atoms with E-state index < -0.39 is 0 Å². The second-order valence-corrected chi connectivity index (χ2v) is 8.58. The van der Waals surface area contributed by atoms with Gasteiger partial charge in [-0.2, -0.15) is 0 Å². The van der Waals surface area contributed by atoms with Crippen molar-refractivity contribution in [3.63, 3.8) is 0 Å². The van der Waals surface area contributed by atoms with Crippen LogP contribution in [0.5, 0.6) is 5.75 Å². The Kier molecular flexibility index (Phi) is 8.22. The van der Waals surface area contributed by atoms with E-state index in [2.05, 4.69) is 33.0 Å². The lowest BCUT2D eigenvalue weighted by Crippen LogP contribution is -2.33. The molecule has 3 amide bonds. The molecule has 3 N–H and O–H groups in total. The maximum absolute atomic E-state index is 13.2. The first-order chi connectivity index (χ1) is 17.1. The van der Waals surface area contributed by atoms with Crippen molar-refractivity contribution in [2.24, 2.45) is 0 Å². The first-order valence-corrected chi connectivity index (χ1v) is 12.1. The molecule has 1 saturated heterocycles. The highest BCUT2D eigenvalue weighted by molar-refractivity contribution is 6.04. The van der Waals surface area contributed by atoms with E-state index in [0.717, 1.165) is 38.0 Å². The van der Waals surface area contributed by atoms with Crippen molar-refractivity contribution in [2.75, 3.05) is 42.3 Å². The van der Waals surface area contributed by atoms with Crippen LogP contribution in [0.4, 0.5) is 21.9 Å². The summed E-state index contributed by atoms with van der Waals surface area (Å²) in [5, 5.41) is 8.70. The van der Waals surface area contributed by atoms with Crippen LogP contribution in [0, 0.1) is 0 Å². The Balaban J connectivity index is 1.46. The number of methoxy groups -OCH3 is 1. The molecule has 1 heterocycles. The molecule has 3 aromatic carbocycles. The molecule has 7 heteroatoms. The Morgan fingerprint density at radius 1 is 0.857 bits per heavy atom. The summed E-state index contributed by atoms with van der Waals surface area (Å²) in [4.78, 5) is 28.0. The van der Waals surface area contributed by atoms with Crippen LogP contribution < -0.4 is 25.6 Å². The van der Waals surface area contributed by atoms with Crippen molar-refractivity contribution >= 4 is 29.0 Å². The summed E-state index contributed by atoms with van der Waals surface area (Å²) in [7, 11) is 1.60. The molecular formula is C28H32N4O3. The summed E-state index contributed by atoms with van der Waals surface area (Å²) >= 11 is 0. The van der Waals surface area contributed by atoms with Crippen molar-refractivity contribution in [3.8, 4) is 5.75 Å². The number of hydrogen-bond acceptors (Lipinski definition) is 4. The van der Waals surface area contributed by atoms with Crippen molar-refractivity contribution in [1.29, 1.82) is 0 Å². The van der Waals surface area contributed by atoms with Gasteiger partial charge in [-0.25, -0.2) is 4.79 Å². The topological polar surface area (TPSA) is 82.7 Å². The fourth-order valence-corrected chi connectivity index (χ4v) is 4.23. The molecule has 182 valence electrons. The van der Waals surface area contributed by atoms with Crippen molar-refractivity contribution in [1.82, 2.24) is 5.32 Å². The molecule has 0 saturated carbocycles. The van der Waals surface area contributed by atoms with Gasteiger partial charge in [0.15, 0.2) is 0 Å². The normalized spacial score (nSPS) is 13.1. The Morgan fingerprint density at radius 3 is 2.26 bits per heavy atom. The minimum atomic E-state index is -0.378. The number of amides is 3. The lowest BCUT2D eigenvalue weighted by atomic mass is 10.1. The van der Waals surface area contributed by atoms with Crippen molar-refractivity contribution in [2.45, 2.75) is 25.7 Å². The van der Waals surface area contributed by atoms with Gasteiger partial charge in [0, 0.05) is 36.7 Å². The third-order valence-corrected chi connectivity index (χ3v) is 6.09. The lowest BCUT2D eigenvalue weighted by Gasteiger charge is -2.30. The molecule has 0 spiro atoms. The molecule has 0 aliphatic carbocycles. The number of carbonyl (C=O) groups is 2. The third kappa shape index (κ3) is 6.76. The van der Waals surface area contributed by atoms with Gasteiger partial charge in [-0.15, -0.1) is 0 Å². The molecule has 1 fully saturated rings. The SMILES string of the molecule is COc1ccc(NC(=O)Nc2ccc(N3CCCCC3)c(C(=O)NCCc3ccccc3)c2)cc1. The van der Waals surface area contributed by atoms with Gasteiger partial charge in [-0.1, -0.05) is 30.3 Å². The number of hydrogen-bond donors (Lipinski definition) is 3. The van der Waals surface area contributed by atoms with Gasteiger partial charge in [0.25, 0.3) is 5.91 Å². The van der Waals surface area contributed by atoms with Crippen LogP contribution in [0.25, 0.3) is 0 Å². The molecular weight excluding hydrogens is 440 g/mol. The molecule has 0 radical (unpaired) electrons. The number of piperidine rings is 1. The Bertz CT molecular complexity index is 1130. The van der Waals surface area contributed by atoms with Crippen LogP contribution in [-0.4, -0.2) is 38.7 Å². The van der Waals surface area contributed by atoms with Gasteiger partial charge in [0.05, 0.1) is 12.7 Å². The standard InChI is InChI=1S/C28H32N4O3/c1-35-24-13-10-22(11-14-24)30-28(34)31-23-12-15-26(32-18-6-3-7-19-32)25(20-23)27(33)29-17-16-21-8-4-2-5-9-21/h2,4-5,8-15,20H,3,6-7,16-19H2,1H3,(H,29,33)(H2,30,31,34). The molecule has 1 aliphatic heterocycles. The predicted octanol–water partition coefficient (Wildman–Crippen LogP) is 5.30. The maximum atomic E-state index is 13.2. The Morgan fingerprint density at radius 2 is 1.54 bits per heavy atom. The van der Waals surface area contributed by atoms with E-state index in [1.54, 1.807) is 37.4 Å². The Hall–Kier alpha value is -4.00. The highest BCUT2D eigenvalue weighted by Gasteiger charge is 2.19. The van der Waals surface area contributed by atoms with Crippen LogP contribution in [-0.2, 0) is 6.42 Å². The minimum Gasteiger partial charge on any atom is -0.497 e. The van der Waals surface area contributed by atoms with Gasteiger partial charge < -0.3 is 25.6 Å². The highest BCUT2D eigenvalue weighted by atomic mass is 16.5. The smallest absolute Gasteiger partial charge is 0.323 e. The second kappa shape index (κ2) is 11.9. The largest absolute Gasteiger partial charge is 0.497 e. The first kappa shape index (κ1) is 24.1. The Labute approximate surface area is 206 Å². The number of nitrogens with one attached hydrogen (secondary N) is 3. The number of carbonyl (C=O) groups excluding carboxylic acids is 2. The zero-order valence-corrected chi connectivity index (χ0v) is 20.0. The zero-order valence-electron chi connectivity index (χ0n) is 20.0. The van der Waals surface area contributed by atoms with E-state index in [1.165, 1.54) is 12.0 Å². The van der Waals surface area contributed by atoms with E-state index in [4.69, 9.17) is 4.74 Å². The van der Waals surface area contributed by atoms with E-state index in [1.807, 2.05) is 30.3 Å². The first-order valence-electron chi connectivity index (χ1n) is 12.1. The summed E-state index contributed by atoms with van der Waals surface area (Å²) in [6.07, 6.45) is 4.19. The van der Waals surface area contributed by atoms with Gasteiger partial charge in [-0.3, -0.25) is 4.79 Å². The van der Waals surface area contributed by atoms with Crippen LogP contribution in [0.15, 0.2) is 72.8 Å². The van der Waals surface area contributed by atoms with E-state index in [0.29, 0.717) is 29.2 Å². The van der Waals surface area contributed by atoms with Gasteiger partial charge in [0.1, 0.15) is 5.75 Å². The fourth-order valence-electron chi connectivity index (χ4n) is 4.23. The van der Waals surface area contributed by atoms with Gasteiger partial charge >= 0.3 is 6.03 Å². The minimum absolute atomic E-state index is 0.138. The molecule has 35 heavy (non-hydrogen) atoms. The molecule has 0 aromatic heterocycles. The monoisotopic (exact) mass is 472 g/mol. The second-order valence-electron chi connectivity index (χ2n) is 8.58. The number of urea groups is 1. The summed E-state index contributed by atoms with van der Waals surface area (Å²) in [5.41, 5.74) is 3.86. The molecule has 0 bridgehead atoms. The van der Waals surface area contributed by atoms with Gasteiger partial charge in [0.2, 0.25) is 0 Å². The van der Waals surface area contributed by atoms with Crippen molar-refractivity contribution < 1.29 is 14.3 Å². The van der Waals surface area contributed by atoms with Crippen LogP contribution in [0.2, 0.25) is 0 Å². The zero-order chi connectivity index (χ0) is 24.5. The average molecular weight is 473 g/mol. The predicted molar refractivity (Wildman–Crippen MR) is 141 cm³/mol. The molecule has 4 rings (SSSR count). The number of anilines is 3. The summed E-state index contributed by atoms with van der Waals surface area (Å²) < 4.78 is 5.15. The highest BCUT2D eigenvalue weighted by Crippen LogP contribution is 2.27. The van der Waals surface area contributed by atoms with Crippen LogP contribution in [0.1, 0.15) is 35.2 Å². The molecule has 1 aliphatic rings. The number of nitrogens with zero attached hydrogens (tertiary/aromatic N) is 1. The number of ether oxygens (including phenoxy) is 1. The van der Waals surface area contributed by atoms with Crippen LogP contribution in [0.3, 0.4) is 0 Å². The third-order valence-electron chi connectivity index (χ3n) is 6.09. The maximum Gasteiger partial charge on any atom is 0.323 e. The molecule has 3 aromatic rings.